The summed E-state index contributed by atoms with van der Waals surface area (Å²) in [5.41, 5.74) is 0.605. The van der Waals surface area contributed by atoms with Crippen LogP contribution in [0.1, 0.15) is 29.6 Å². The summed E-state index contributed by atoms with van der Waals surface area (Å²) in [5.74, 6) is 1.17. The van der Waals surface area contributed by atoms with Crippen molar-refractivity contribution in [1.29, 1.82) is 0 Å². The maximum absolute atomic E-state index is 12.1. The number of carbonyl (C=O) groups is 1. The third-order valence-corrected chi connectivity index (χ3v) is 4.21. The molecule has 0 saturated heterocycles. The Bertz CT molecular complexity index is 422. The average Bonchev–Trinajstić information content (AvgIpc) is 2.81. The second-order valence-electron chi connectivity index (χ2n) is 4.69. The van der Waals surface area contributed by atoms with E-state index in [2.05, 4.69) is 21.2 Å². The lowest BCUT2D eigenvalue weighted by Crippen LogP contribution is -2.28. The summed E-state index contributed by atoms with van der Waals surface area (Å²) in [6.07, 6.45) is 3.53. The van der Waals surface area contributed by atoms with Crippen molar-refractivity contribution in [2.75, 3.05) is 13.7 Å². The van der Waals surface area contributed by atoms with Gasteiger partial charge in [-0.2, -0.15) is 0 Å². The van der Waals surface area contributed by atoms with Crippen LogP contribution in [0.4, 0.5) is 0 Å². The first-order chi connectivity index (χ1) is 8.70. The Morgan fingerprint density at radius 1 is 1.44 bits per heavy atom. The zero-order chi connectivity index (χ0) is 13.0. The van der Waals surface area contributed by atoms with Gasteiger partial charge in [-0.25, -0.2) is 0 Å². The zero-order valence-electron chi connectivity index (χ0n) is 10.5. The lowest BCUT2D eigenvalue weighted by atomic mass is 10.1. The summed E-state index contributed by atoms with van der Waals surface area (Å²) in [6.45, 7) is 0.749. The van der Waals surface area contributed by atoms with Gasteiger partial charge >= 0.3 is 0 Å². The Labute approximate surface area is 116 Å². The van der Waals surface area contributed by atoms with Crippen LogP contribution in [0.15, 0.2) is 24.3 Å². The van der Waals surface area contributed by atoms with Crippen molar-refractivity contribution in [3.05, 3.63) is 29.8 Å². The molecule has 1 amide bonds. The van der Waals surface area contributed by atoms with Crippen LogP contribution < -0.4 is 10.1 Å². The van der Waals surface area contributed by atoms with Crippen LogP contribution in [-0.2, 0) is 0 Å². The molecule has 0 spiro atoms. The lowest BCUT2D eigenvalue weighted by molar-refractivity contribution is 0.0944. The van der Waals surface area contributed by atoms with E-state index in [1.165, 1.54) is 12.8 Å². The number of ether oxygens (including phenoxy) is 1. The number of hydrogen-bond acceptors (Lipinski definition) is 2. The minimum Gasteiger partial charge on any atom is -0.496 e. The van der Waals surface area contributed by atoms with Crippen molar-refractivity contribution in [2.24, 2.45) is 5.92 Å². The molecule has 0 radical (unpaired) electrons. The summed E-state index contributed by atoms with van der Waals surface area (Å²) < 4.78 is 5.19. The van der Waals surface area contributed by atoms with Crippen molar-refractivity contribution in [3.63, 3.8) is 0 Å². The van der Waals surface area contributed by atoms with Gasteiger partial charge in [-0.05, 0) is 37.3 Å². The molecular weight excluding hydrogens is 294 g/mol. The number of para-hydroxylation sites is 1. The number of halogens is 1. The third kappa shape index (κ3) is 3.25. The highest BCUT2D eigenvalue weighted by molar-refractivity contribution is 9.09. The van der Waals surface area contributed by atoms with E-state index in [4.69, 9.17) is 4.74 Å². The van der Waals surface area contributed by atoms with Gasteiger partial charge in [-0.3, -0.25) is 4.79 Å². The summed E-state index contributed by atoms with van der Waals surface area (Å²) in [7, 11) is 1.58. The van der Waals surface area contributed by atoms with Gasteiger partial charge in [0, 0.05) is 11.4 Å². The molecule has 98 valence electrons. The second-order valence-corrected chi connectivity index (χ2v) is 5.98. The van der Waals surface area contributed by atoms with Crippen LogP contribution in [0.2, 0.25) is 0 Å². The standard InChI is InChI=1S/C14H18BrNO2/c1-18-13-5-3-2-4-12(13)14(17)16-9-10-6-7-11(15)8-10/h2-5,10-11H,6-9H2,1H3,(H,16,17). The van der Waals surface area contributed by atoms with E-state index in [0.717, 1.165) is 13.0 Å². The fraction of sp³-hybridized carbons (Fsp3) is 0.500. The van der Waals surface area contributed by atoms with Crippen LogP contribution in [0, 0.1) is 5.92 Å². The van der Waals surface area contributed by atoms with Gasteiger partial charge in [0.05, 0.1) is 12.7 Å². The number of benzene rings is 1. The minimum absolute atomic E-state index is 0.0505. The van der Waals surface area contributed by atoms with Crippen LogP contribution in [0.3, 0.4) is 0 Å². The summed E-state index contributed by atoms with van der Waals surface area (Å²) in [5, 5.41) is 3.00. The number of rotatable bonds is 4. The molecule has 1 saturated carbocycles. The molecule has 4 heteroatoms. The van der Waals surface area contributed by atoms with Gasteiger partial charge in [0.1, 0.15) is 5.75 Å². The van der Waals surface area contributed by atoms with E-state index in [-0.39, 0.29) is 5.91 Å². The molecule has 1 aromatic carbocycles. The summed E-state index contributed by atoms with van der Waals surface area (Å²) in [6, 6.07) is 7.30. The van der Waals surface area contributed by atoms with E-state index in [9.17, 15) is 4.79 Å². The number of amides is 1. The molecule has 2 rings (SSSR count). The predicted octanol–water partition coefficient (Wildman–Crippen LogP) is 2.99. The zero-order valence-corrected chi connectivity index (χ0v) is 12.1. The van der Waals surface area contributed by atoms with E-state index in [0.29, 0.717) is 22.1 Å². The maximum Gasteiger partial charge on any atom is 0.255 e. The van der Waals surface area contributed by atoms with Gasteiger partial charge in [0.25, 0.3) is 5.91 Å². The normalized spacial score (nSPS) is 22.8. The van der Waals surface area contributed by atoms with Gasteiger partial charge in [0.15, 0.2) is 0 Å². The summed E-state index contributed by atoms with van der Waals surface area (Å²) in [4.78, 5) is 12.7. The van der Waals surface area contributed by atoms with Crippen LogP contribution >= 0.6 is 15.9 Å². The number of methoxy groups -OCH3 is 1. The highest BCUT2D eigenvalue weighted by Crippen LogP contribution is 2.30. The van der Waals surface area contributed by atoms with E-state index in [1.807, 2.05) is 12.1 Å². The smallest absolute Gasteiger partial charge is 0.255 e. The first-order valence-corrected chi connectivity index (χ1v) is 7.17. The van der Waals surface area contributed by atoms with E-state index in [1.54, 1.807) is 19.2 Å². The highest BCUT2D eigenvalue weighted by Gasteiger charge is 2.23. The fourth-order valence-electron chi connectivity index (χ4n) is 2.36. The molecule has 18 heavy (non-hydrogen) atoms. The molecule has 2 atom stereocenters. The molecule has 0 aliphatic heterocycles. The molecule has 0 heterocycles. The first kappa shape index (κ1) is 13.4. The topological polar surface area (TPSA) is 38.3 Å². The molecule has 1 aromatic rings. The van der Waals surface area contributed by atoms with Crippen molar-refractivity contribution < 1.29 is 9.53 Å². The SMILES string of the molecule is COc1ccccc1C(=O)NCC1CCC(Br)C1. The molecule has 3 nitrogen and oxygen atoms in total. The third-order valence-electron chi connectivity index (χ3n) is 3.38. The molecule has 1 fully saturated rings. The number of carbonyl (C=O) groups excluding carboxylic acids is 1. The van der Waals surface area contributed by atoms with Crippen molar-refractivity contribution in [1.82, 2.24) is 5.32 Å². The Morgan fingerprint density at radius 2 is 2.22 bits per heavy atom. The first-order valence-electron chi connectivity index (χ1n) is 6.26. The van der Waals surface area contributed by atoms with Gasteiger partial charge in [0.2, 0.25) is 0 Å². The average molecular weight is 312 g/mol. The van der Waals surface area contributed by atoms with Gasteiger partial charge in [-0.15, -0.1) is 0 Å². The Balaban J connectivity index is 1.91. The Hall–Kier alpha value is -1.03. The number of nitrogens with one attached hydrogen (secondary N) is 1. The molecular formula is C14H18BrNO2. The Morgan fingerprint density at radius 3 is 2.89 bits per heavy atom. The van der Waals surface area contributed by atoms with Crippen molar-refractivity contribution in [2.45, 2.75) is 24.1 Å². The van der Waals surface area contributed by atoms with Crippen molar-refractivity contribution in [3.8, 4) is 5.75 Å². The van der Waals surface area contributed by atoms with Gasteiger partial charge in [-0.1, -0.05) is 28.1 Å². The minimum atomic E-state index is -0.0505. The Kier molecular flexibility index (Phi) is 4.64. The highest BCUT2D eigenvalue weighted by atomic mass is 79.9. The fourth-order valence-corrected chi connectivity index (χ4v) is 3.16. The monoisotopic (exact) mass is 311 g/mol. The quantitative estimate of drug-likeness (QED) is 0.868. The number of hydrogen-bond donors (Lipinski definition) is 1. The maximum atomic E-state index is 12.1. The number of alkyl halides is 1. The molecule has 1 N–H and O–H groups in total. The summed E-state index contributed by atoms with van der Waals surface area (Å²) >= 11 is 3.62. The predicted molar refractivity (Wildman–Crippen MR) is 75.4 cm³/mol. The van der Waals surface area contributed by atoms with E-state index < -0.39 is 0 Å². The van der Waals surface area contributed by atoms with E-state index >= 15 is 0 Å². The lowest BCUT2D eigenvalue weighted by Gasteiger charge is -2.12. The molecule has 0 bridgehead atoms. The largest absolute Gasteiger partial charge is 0.496 e. The molecule has 0 aromatic heterocycles. The van der Waals surface area contributed by atoms with Crippen molar-refractivity contribution >= 4 is 21.8 Å². The molecule has 2 unspecified atom stereocenters. The molecule has 1 aliphatic rings. The van der Waals surface area contributed by atoms with Gasteiger partial charge < -0.3 is 10.1 Å². The van der Waals surface area contributed by atoms with Crippen LogP contribution in [0.25, 0.3) is 0 Å². The molecule has 1 aliphatic carbocycles. The van der Waals surface area contributed by atoms with Crippen LogP contribution in [-0.4, -0.2) is 24.4 Å². The van der Waals surface area contributed by atoms with Crippen LogP contribution in [0.5, 0.6) is 5.75 Å². The second kappa shape index (κ2) is 6.23.